The molecule has 0 radical (unpaired) electrons. The highest BCUT2D eigenvalue weighted by Crippen LogP contribution is 2.25. The molecule has 1 saturated heterocycles. The van der Waals surface area contributed by atoms with Gasteiger partial charge in [-0.3, -0.25) is 14.6 Å². The molecule has 2 heterocycles. The number of carbonyl (C=O) groups excluding carboxylic acids is 1. The molecule has 10 heteroatoms. The molecular weight excluding hydrogens is 468 g/mol. The number of fused-ring (bicyclic) bond motifs is 1. The van der Waals surface area contributed by atoms with Crippen LogP contribution < -0.4 is 10.1 Å². The lowest BCUT2D eigenvalue weighted by Crippen LogP contribution is -2.51. The highest BCUT2D eigenvalue weighted by atomic mass is 32.1. The summed E-state index contributed by atoms with van der Waals surface area (Å²) in [6.45, 7) is 5.49. The Hall–Kier alpha value is -3.05. The molecule has 0 saturated carbocycles. The molecular formula is C25H30N4O5S. The summed E-state index contributed by atoms with van der Waals surface area (Å²) in [5.41, 5.74) is 1.44. The summed E-state index contributed by atoms with van der Waals surface area (Å²) in [5.74, 6) is -0.726. The van der Waals surface area contributed by atoms with Gasteiger partial charge in [0.2, 0.25) is 5.91 Å². The highest BCUT2D eigenvalue weighted by Gasteiger charge is 2.25. The first-order chi connectivity index (χ1) is 16.9. The summed E-state index contributed by atoms with van der Waals surface area (Å²) in [6, 6.07) is 13.4. The van der Waals surface area contributed by atoms with E-state index in [-0.39, 0.29) is 19.1 Å². The SMILES string of the molecule is Cc1nc2cc(OC[C@@H](O)CN3CCN(CC(=O)N[C@H](C(=O)O)c4ccccc4)CC3)ccc2s1. The van der Waals surface area contributed by atoms with Crippen LogP contribution in [-0.2, 0) is 9.59 Å². The lowest BCUT2D eigenvalue weighted by molar-refractivity contribution is -0.142. The largest absolute Gasteiger partial charge is 0.491 e. The quantitative estimate of drug-likeness (QED) is 0.388. The number of aliphatic hydroxyl groups is 1. The van der Waals surface area contributed by atoms with Gasteiger partial charge in [0, 0.05) is 38.8 Å². The van der Waals surface area contributed by atoms with E-state index in [1.165, 1.54) is 0 Å². The number of nitrogens with one attached hydrogen (secondary N) is 1. The van der Waals surface area contributed by atoms with Crippen LogP contribution in [0.15, 0.2) is 48.5 Å². The van der Waals surface area contributed by atoms with Gasteiger partial charge in [0.05, 0.1) is 21.8 Å². The average Bonchev–Trinajstić information content (AvgIpc) is 3.22. The molecule has 4 rings (SSSR count). The number of rotatable bonds is 10. The Balaban J connectivity index is 1.18. The number of aliphatic carboxylic acids is 1. The number of thiazole rings is 1. The first-order valence-corrected chi connectivity index (χ1v) is 12.4. The Labute approximate surface area is 207 Å². The smallest absolute Gasteiger partial charge is 0.330 e. The molecule has 0 bridgehead atoms. The van der Waals surface area contributed by atoms with Crippen LogP contribution in [0.3, 0.4) is 0 Å². The molecule has 1 aromatic heterocycles. The maximum absolute atomic E-state index is 12.5. The van der Waals surface area contributed by atoms with Crippen molar-refractivity contribution in [1.82, 2.24) is 20.1 Å². The monoisotopic (exact) mass is 498 g/mol. The summed E-state index contributed by atoms with van der Waals surface area (Å²) < 4.78 is 6.88. The molecule has 1 aliphatic heterocycles. The Bertz CT molecular complexity index is 1150. The molecule has 3 aromatic rings. The van der Waals surface area contributed by atoms with E-state index in [0.717, 1.165) is 15.2 Å². The summed E-state index contributed by atoms with van der Waals surface area (Å²) in [4.78, 5) is 32.7. The second-order valence-electron chi connectivity index (χ2n) is 8.65. The lowest BCUT2D eigenvalue weighted by Gasteiger charge is -2.35. The number of nitrogens with zero attached hydrogens (tertiary/aromatic N) is 3. The fourth-order valence-corrected chi connectivity index (χ4v) is 4.94. The predicted octanol–water partition coefficient (Wildman–Crippen LogP) is 1.90. The first kappa shape index (κ1) is 25.1. The number of hydrogen-bond acceptors (Lipinski definition) is 8. The van der Waals surface area contributed by atoms with Gasteiger partial charge in [0.25, 0.3) is 0 Å². The predicted molar refractivity (Wildman–Crippen MR) is 134 cm³/mol. The molecule has 0 spiro atoms. The van der Waals surface area contributed by atoms with Crippen molar-refractivity contribution in [2.75, 3.05) is 45.9 Å². The number of piperazine rings is 1. The van der Waals surface area contributed by atoms with E-state index in [1.807, 2.05) is 30.0 Å². The molecule has 0 aliphatic carbocycles. The minimum atomic E-state index is -1.09. The van der Waals surface area contributed by atoms with E-state index in [2.05, 4.69) is 15.2 Å². The molecule has 2 aromatic carbocycles. The Morgan fingerprint density at radius 2 is 1.83 bits per heavy atom. The van der Waals surface area contributed by atoms with Gasteiger partial charge in [-0.15, -0.1) is 11.3 Å². The summed E-state index contributed by atoms with van der Waals surface area (Å²) in [5, 5.41) is 23.6. The third-order valence-electron chi connectivity index (χ3n) is 5.89. The van der Waals surface area contributed by atoms with Gasteiger partial charge in [-0.2, -0.15) is 0 Å². The molecule has 2 atom stereocenters. The van der Waals surface area contributed by atoms with E-state index in [4.69, 9.17) is 4.74 Å². The van der Waals surface area contributed by atoms with Crippen LogP contribution >= 0.6 is 11.3 Å². The maximum atomic E-state index is 12.5. The van der Waals surface area contributed by atoms with Crippen LogP contribution in [0, 0.1) is 6.92 Å². The van der Waals surface area contributed by atoms with Crippen molar-refractivity contribution in [3.63, 3.8) is 0 Å². The lowest BCUT2D eigenvalue weighted by atomic mass is 10.1. The van der Waals surface area contributed by atoms with Gasteiger partial charge in [-0.1, -0.05) is 30.3 Å². The fraction of sp³-hybridized carbons (Fsp3) is 0.400. The van der Waals surface area contributed by atoms with Crippen molar-refractivity contribution in [3.05, 3.63) is 59.1 Å². The third-order valence-corrected chi connectivity index (χ3v) is 6.85. The van der Waals surface area contributed by atoms with Gasteiger partial charge in [-0.05, 0) is 24.6 Å². The standard InChI is InChI=1S/C25H30N4O5S/c1-17-26-21-13-20(7-8-22(21)35-17)34-16-19(30)14-28-9-11-29(12-10-28)15-23(31)27-24(25(32)33)18-5-3-2-4-6-18/h2-8,13,19,24,30H,9-12,14-16H2,1H3,(H,27,31)(H,32,33)/t19-,24-/m0/s1. The molecule has 35 heavy (non-hydrogen) atoms. The number of amides is 1. The zero-order valence-electron chi connectivity index (χ0n) is 19.6. The van der Waals surface area contributed by atoms with Gasteiger partial charge in [-0.25, -0.2) is 9.78 Å². The average molecular weight is 499 g/mol. The maximum Gasteiger partial charge on any atom is 0.330 e. The number of ether oxygens (including phenoxy) is 1. The van der Waals surface area contributed by atoms with E-state index < -0.39 is 18.1 Å². The van der Waals surface area contributed by atoms with Crippen molar-refractivity contribution in [2.45, 2.75) is 19.1 Å². The van der Waals surface area contributed by atoms with Crippen molar-refractivity contribution < 1.29 is 24.5 Å². The number of aryl methyl sites for hydroxylation is 1. The molecule has 1 fully saturated rings. The molecule has 1 amide bonds. The van der Waals surface area contributed by atoms with Crippen LogP contribution in [0.2, 0.25) is 0 Å². The van der Waals surface area contributed by atoms with Crippen molar-refractivity contribution in [1.29, 1.82) is 0 Å². The topological polar surface area (TPSA) is 115 Å². The number of aromatic nitrogens is 1. The van der Waals surface area contributed by atoms with Gasteiger partial charge in [0.15, 0.2) is 6.04 Å². The molecule has 186 valence electrons. The normalized spacial score (nSPS) is 16.6. The van der Waals surface area contributed by atoms with Crippen LogP contribution in [0.1, 0.15) is 16.6 Å². The van der Waals surface area contributed by atoms with E-state index in [9.17, 15) is 19.8 Å². The second-order valence-corrected chi connectivity index (χ2v) is 9.89. The zero-order valence-corrected chi connectivity index (χ0v) is 20.4. The number of carboxylic acid groups (broad SMARTS) is 1. The minimum Gasteiger partial charge on any atom is -0.491 e. The Morgan fingerprint density at radius 1 is 1.11 bits per heavy atom. The summed E-state index contributed by atoms with van der Waals surface area (Å²) >= 11 is 1.64. The van der Waals surface area contributed by atoms with Crippen LogP contribution in [-0.4, -0.2) is 88.9 Å². The summed E-state index contributed by atoms with van der Waals surface area (Å²) in [6.07, 6.45) is -0.639. The Morgan fingerprint density at radius 3 is 2.54 bits per heavy atom. The highest BCUT2D eigenvalue weighted by molar-refractivity contribution is 7.18. The molecule has 9 nitrogen and oxygen atoms in total. The number of benzene rings is 2. The number of carbonyl (C=O) groups is 2. The van der Waals surface area contributed by atoms with Crippen LogP contribution in [0.4, 0.5) is 0 Å². The number of aliphatic hydroxyl groups excluding tert-OH is 1. The van der Waals surface area contributed by atoms with Crippen molar-refractivity contribution in [3.8, 4) is 5.75 Å². The second kappa shape index (κ2) is 11.6. The van der Waals surface area contributed by atoms with Gasteiger partial charge < -0.3 is 20.3 Å². The summed E-state index contributed by atoms with van der Waals surface area (Å²) in [7, 11) is 0. The number of carboxylic acids is 1. The molecule has 0 unspecified atom stereocenters. The molecule has 1 aliphatic rings. The molecule has 3 N–H and O–H groups in total. The van der Waals surface area contributed by atoms with E-state index in [1.54, 1.807) is 41.7 Å². The zero-order chi connectivity index (χ0) is 24.8. The van der Waals surface area contributed by atoms with E-state index in [0.29, 0.717) is 44.0 Å². The van der Waals surface area contributed by atoms with E-state index >= 15 is 0 Å². The van der Waals surface area contributed by atoms with Gasteiger partial charge in [0.1, 0.15) is 18.5 Å². The van der Waals surface area contributed by atoms with Gasteiger partial charge >= 0.3 is 5.97 Å². The fourth-order valence-electron chi connectivity index (χ4n) is 4.13. The van der Waals surface area contributed by atoms with Crippen molar-refractivity contribution in [2.24, 2.45) is 0 Å². The third kappa shape index (κ3) is 6.98. The first-order valence-electron chi connectivity index (χ1n) is 11.6. The number of β-amino-alcohol motifs (C(OH)–C–C–N with tert-alkyl or cyclic N) is 1. The van der Waals surface area contributed by atoms with Crippen LogP contribution in [0.5, 0.6) is 5.75 Å². The number of hydrogen-bond donors (Lipinski definition) is 3. The minimum absolute atomic E-state index is 0.134. The van der Waals surface area contributed by atoms with Crippen LogP contribution in [0.25, 0.3) is 10.2 Å². The van der Waals surface area contributed by atoms with Crippen molar-refractivity contribution >= 4 is 33.4 Å². The Kier molecular flexibility index (Phi) is 8.29.